The summed E-state index contributed by atoms with van der Waals surface area (Å²) in [5.74, 6) is -1.32. The monoisotopic (exact) mass is 423 g/mol. The van der Waals surface area contributed by atoms with Gasteiger partial charge in [-0.3, -0.25) is 14.4 Å². The molecule has 1 aromatic rings. The molecule has 0 bridgehead atoms. The lowest BCUT2D eigenvalue weighted by atomic mass is 9.84. The zero-order chi connectivity index (χ0) is 22.1. The highest BCUT2D eigenvalue weighted by Gasteiger charge is 2.44. The smallest absolute Gasteiger partial charge is 0.325 e. The Hall–Kier alpha value is -2.40. The van der Waals surface area contributed by atoms with Gasteiger partial charge >= 0.3 is 17.3 Å². The number of nitrogens with zero attached hydrogens (tertiary/aromatic N) is 1. The van der Waals surface area contributed by atoms with Crippen molar-refractivity contribution in [3.63, 3.8) is 0 Å². The molecule has 1 unspecified atom stereocenters. The molecule has 160 valence electrons. The van der Waals surface area contributed by atoms with Crippen molar-refractivity contribution in [1.29, 1.82) is 0 Å². The van der Waals surface area contributed by atoms with Crippen LogP contribution in [0, 0.1) is 18.9 Å². The minimum absolute atomic E-state index is 0.113. The highest BCUT2D eigenvalue weighted by Crippen LogP contribution is 2.30. The zero-order valence-corrected chi connectivity index (χ0v) is 18.3. The van der Waals surface area contributed by atoms with Gasteiger partial charge in [0.1, 0.15) is 0 Å². The Morgan fingerprint density at radius 1 is 1.07 bits per heavy atom. The number of benzene rings is 1. The lowest BCUT2D eigenvalue weighted by molar-refractivity contribution is -0.171. The molecule has 0 saturated heterocycles. The molecule has 0 heterocycles. The van der Waals surface area contributed by atoms with Crippen molar-refractivity contribution in [2.75, 3.05) is 13.2 Å². The number of sulfone groups is 1. The normalized spacial score (nSPS) is 12.7. The van der Waals surface area contributed by atoms with Gasteiger partial charge in [0.25, 0.3) is 9.84 Å². The van der Waals surface area contributed by atoms with Crippen LogP contribution in [0.2, 0.25) is 0 Å². The largest absolute Gasteiger partial charge is 0.465 e. The number of ether oxygens (including phenoxy) is 2. The number of aryl methyl sites for hydroxylation is 1. The summed E-state index contributed by atoms with van der Waals surface area (Å²) in [5, 5.41) is -1.21. The fraction of sp³-hybridized carbons (Fsp3) is 0.571. The highest BCUT2D eigenvalue weighted by molar-refractivity contribution is 7.92. The highest BCUT2D eigenvalue weighted by atomic mass is 32.2. The lowest BCUT2D eigenvalue weighted by Gasteiger charge is -2.24. The second-order valence-electron chi connectivity index (χ2n) is 6.96. The van der Waals surface area contributed by atoms with Gasteiger partial charge in [0.05, 0.1) is 18.1 Å². The summed E-state index contributed by atoms with van der Waals surface area (Å²) >= 11 is 0. The Kier molecular flexibility index (Phi) is 9.31. The van der Waals surface area contributed by atoms with E-state index in [9.17, 15) is 18.0 Å². The molecular weight excluding hydrogens is 394 g/mol. The molecule has 0 radical (unpaired) electrons. The van der Waals surface area contributed by atoms with Gasteiger partial charge in [-0.05, 0) is 52.7 Å². The molecule has 1 atom stereocenters. The number of hydrogen-bond donors (Lipinski definition) is 0. The molecule has 0 fully saturated rings. The summed E-state index contributed by atoms with van der Waals surface area (Å²) in [6.45, 7) is 14.2. The van der Waals surface area contributed by atoms with Crippen LogP contribution in [0.25, 0.3) is 4.85 Å². The lowest BCUT2D eigenvalue weighted by Crippen LogP contribution is -2.39. The molecule has 8 heteroatoms. The summed E-state index contributed by atoms with van der Waals surface area (Å²) in [7, 11) is -3.77. The Bertz CT molecular complexity index is 821. The molecule has 0 aromatic heterocycles. The third kappa shape index (κ3) is 6.29. The molecule has 29 heavy (non-hydrogen) atoms. The predicted molar refractivity (Wildman–Crippen MR) is 109 cm³/mol. The zero-order valence-electron chi connectivity index (χ0n) is 17.4. The van der Waals surface area contributed by atoms with E-state index in [1.54, 1.807) is 26.0 Å². The maximum absolute atomic E-state index is 12.7. The predicted octanol–water partition coefficient (Wildman–Crippen LogP) is 3.71. The third-order valence-electron chi connectivity index (χ3n) is 4.68. The van der Waals surface area contributed by atoms with Crippen LogP contribution >= 0.6 is 0 Å². The van der Waals surface area contributed by atoms with Crippen LogP contribution in [0.1, 0.15) is 52.0 Å². The van der Waals surface area contributed by atoms with Crippen LogP contribution in [0.4, 0.5) is 0 Å². The van der Waals surface area contributed by atoms with Crippen LogP contribution in [0.3, 0.4) is 0 Å². The average Bonchev–Trinajstić information content (AvgIpc) is 2.68. The summed E-state index contributed by atoms with van der Waals surface area (Å²) in [4.78, 5) is 28.0. The van der Waals surface area contributed by atoms with Crippen LogP contribution in [0.15, 0.2) is 29.2 Å². The van der Waals surface area contributed by atoms with Crippen molar-refractivity contribution in [2.45, 2.75) is 63.6 Å². The van der Waals surface area contributed by atoms with E-state index in [0.717, 1.165) is 5.56 Å². The first-order valence-electron chi connectivity index (χ1n) is 9.65. The van der Waals surface area contributed by atoms with Crippen molar-refractivity contribution in [2.24, 2.45) is 5.41 Å². The number of carbonyl (C=O) groups is 2. The fourth-order valence-corrected chi connectivity index (χ4v) is 4.29. The van der Waals surface area contributed by atoms with Crippen molar-refractivity contribution in [1.82, 2.24) is 0 Å². The first-order chi connectivity index (χ1) is 13.6. The summed E-state index contributed by atoms with van der Waals surface area (Å²) in [5.41, 5.74) is -0.518. The van der Waals surface area contributed by atoms with Crippen molar-refractivity contribution >= 4 is 21.8 Å². The molecule has 0 aliphatic heterocycles. The Labute approximate surface area is 173 Å². The van der Waals surface area contributed by atoms with E-state index in [1.807, 2.05) is 6.92 Å². The minimum atomic E-state index is -3.77. The van der Waals surface area contributed by atoms with E-state index in [4.69, 9.17) is 16.0 Å². The number of unbranched alkanes of at least 4 members (excludes halogenated alkanes) is 1. The molecule has 7 nitrogen and oxygen atoms in total. The SMILES string of the molecule is [C-]#[N+]C(CCCCC(C)(C(=O)OCC)C(=O)OCC)S(=O)(=O)c1ccc(C)cc1. The molecule has 0 aliphatic rings. The van der Waals surface area contributed by atoms with E-state index in [0.29, 0.717) is 12.8 Å². The van der Waals surface area contributed by atoms with Gasteiger partial charge < -0.3 is 9.47 Å². The van der Waals surface area contributed by atoms with Crippen molar-refractivity contribution < 1.29 is 27.5 Å². The van der Waals surface area contributed by atoms with Crippen LogP contribution in [0.5, 0.6) is 0 Å². The fourth-order valence-electron chi connectivity index (χ4n) is 2.84. The Morgan fingerprint density at radius 2 is 1.59 bits per heavy atom. The molecule has 0 saturated carbocycles. The number of esters is 2. The van der Waals surface area contributed by atoms with E-state index in [-0.39, 0.29) is 31.0 Å². The quantitative estimate of drug-likeness (QED) is 0.233. The molecule has 1 aromatic carbocycles. The van der Waals surface area contributed by atoms with Gasteiger partial charge in [0, 0.05) is 6.42 Å². The third-order valence-corrected chi connectivity index (χ3v) is 6.67. The van der Waals surface area contributed by atoms with Crippen LogP contribution in [-0.2, 0) is 28.9 Å². The van der Waals surface area contributed by atoms with Crippen LogP contribution < -0.4 is 0 Å². The topological polar surface area (TPSA) is 91.1 Å². The van der Waals surface area contributed by atoms with E-state index >= 15 is 0 Å². The molecular formula is C21H29NO6S. The Morgan fingerprint density at radius 3 is 2.03 bits per heavy atom. The van der Waals surface area contributed by atoms with Crippen molar-refractivity contribution in [3.05, 3.63) is 41.2 Å². The number of hydrogen-bond acceptors (Lipinski definition) is 6. The van der Waals surface area contributed by atoms with E-state index in [1.165, 1.54) is 19.1 Å². The summed E-state index contributed by atoms with van der Waals surface area (Å²) < 4.78 is 35.4. The van der Waals surface area contributed by atoms with Gasteiger partial charge in [-0.1, -0.05) is 24.1 Å². The standard InChI is InChI=1S/C21H29NO6S/c1-6-27-19(23)21(4,20(24)28-7-2)15-9-8-10-18(22-5)29(25,26)17-13-11-16(3)12-14-17/h11-14,18H,6-10,15H2,1-4H3. The van der Waals surface area contributed by atoms with Gasteiger partial charge in [-0.25, -0.2) is 15.0 Å². The van der Waals surface area contributed by atoms with E-state index < -0.39 is 32.6 Å². The maximum Gasteiger partial charge on any atom is 0.325 e. The summed E-state index contributed by atoms with van der Waals surface area (Å²) in [6.07, 6.45) is 1.01. The summed E-state index contributed by atoms with van der Waals surface area (Å²) in [6, 6.07) is 6.39. The average molecular weight is 424 g/mol. The first kappa shape index (κ1) is 24.6. The molecule has 0 aliphatic carbocycles. The van der Waals surface area contributed by atoms with E-state index in [2.05, 4.69) is 4.85 Å². The second-order valence-corrected chi connectivity index (χ2v) is 9.07. The molecule has 0 amide bonds. The minimum Gasteiger partial charge on any atom is -0.465 e. The first-order valence-corrected chi connectivity index (χ1v) is 11.2. The number of rotatable bonds is 11. The molecule has 0 spiro atoms. The number of carbonyl (C=O) groups excluding carboxylic acids is 2. The molecule has 0 N–H and O–H groups in total. The van der Waals surface area contributed by atoms with Crippen molar-refractivity contribution in [3.8, 4) is 0 Å². The van der Waals surface area contributed by atoms with Gasteiger partial charge in [-0.15, -0.1) is 0 Å². The Balaban J connectivity index is 2.80. The van der Waals surface area contributed by atoms with Gasteiger partial charge in [-0.2, -0.15) is 0 Å². The maximum atomic E-state index is 12.7. The second kappa shape index (κ2) is 11.0. The van der Waals surface area contributed by atoms with Crippen LogP contribution in [-0.4, -0.2) is 38.9 Å². The van der Waals surface area contributed by atoms with Gasteiger partial charge in [0.15, 0.2) is 5.41 Å². The molecule has 1 rings (SSSR count). The van der Waals surface area contributed by atoms with Gasteiger partial charge in [0.2, 0.25) is 0 Å².